The molecule has 1 aromatic heterocycles. The largest absolute Gasteiger partial charge is 0.444 e. The van der Waals surface area contributed by atoms with Crippen molar-refractivity contribution < 1.29 is 14.6 Å². The summed E-state index contributed by atoms with van der Waals surface area (Å²) in [7, 11) is 1.81. The fourth-order valence-corrected chi connectivity index (χ4v) is 1.20. The lowest BCUT2D eigenvalue weighted by Crippen LogP contribution is -2.34. The van der Waals surface area contributed by atoms with Crippen LogP contribution in [0, 0.1) is 0 Å². The Hall–Kier alpha value is -1.56. The number of aliphatic hydroxyl groups is 1. The third-order valence-corrected chi connectivity index (χ3v) is 1.90. The Morgan fingerprint density at radius 3 is 2.76 bits per heavy atom. The molecule has 96 valence electrons. The van der Waals surface area contributed by atoms with Crippen molar-refractivity contribution >= 4 is 6.09 Å². The fourth-order valence-electron chi connectivity index (χ4n) is 1.20. The minimum atomic E-state index is -0.830. The standard InChI is InChI=1S/C11H19N3O3/c1-11(2,3)17-10(16)12-5-9(15)8-6-14(4)7-13-8/h6-7,9,15H,5H2,1-4H3,(H,12,16). The second-order valence-electron chi connectivity index (χ2n) is 4.86. The zero-order valence-electron chi connectivity index (χ0n) is 10.6. The van der Waals surface area contributed by atoms with Crippen LogP contribution in [0.2, 0.25) is 0 Å². The summed E-state index contributed by atoms with van der Waals surface area (Å²) in [5.74, 6) is 0. The topological polar surface area (TPSA) is 76.4 Å². The summed E-state index contributed by atoms with van der Waals surface area (Å²) in [5, 5.41) is 12.2. The Kier molecular flexibility index (Phi) is 4.11. The van der Waals surface area contributed by atoms with Crippen LogP contribution < -0.4 is 5.32 Å². The Balaban J connectivity index is 2.38. The van der Waals surface area contributed by atoms with Gasteiger partial charge >= 0.3 is 6.09 Å². The van der Waals surface area contributed by atoms with E-state index in [-0.39, 0.29) is 6.54 Å². The number of aromatic nitrogens is 2. The summed E-state index contributed by atoms with van der Waals surface area (Å²) >= 11 is 0. The average molecular weight is 241 g/mol. The Morgan fingerprint density at radius 2 is 2.29 bits per heavy atom. The van der Waals surface area contributed by atoms with Crippen LogP contribution in [-0.2, 0) is 11.8 Å². The van der Waals surface area contributed by atoms with E-state index in [2.05, 4.69) is 10.3 Å². The van der Waals surface area contributed by atoms with Crippen LogP contribution >= 0.6 is 0 Å². The molecule has 0 aliphatic carbocycles. The number of hydrogen-bond acceptors (Lipinski definition) is 4. The lowest BCUT2D eigenvalue weighted by atomic mass is 10.2. The van der Waals surface area contributed by atoms with Crippen molar-refractivity contribution in [2.75, 3.05) is 6.54 Å². The maximum atomic E-state index is 11.3. The number of amides is 1. The van der Waals surface area contributed by atoms with Gasteiger partial charge in [-0.2, -0.15) is 0 Å². The molecule has 6 heteroatoms. The van der Waals surface area contributed by atoms with Gasteiger partial charge in [0.25, 0.3) is 0 Å². The Bertz CT molecular complexity index is 382. The second-order valence-corrected chi connectivity index (χ2v) is 4.86. The number of hydrogen-bond donors (Lipinski definition) is 2. The third kappa shape index (κ3) is 4.86. The zero-order chi connectivity index (χ0) is 13.1. The molecule has 1 aromatic rings. The first kappa shape index (κ1) is 13.5. The highest BCUT2D eigenvalue weighted by molar-refractivity contribution is 5.67. The average Bonchev–Trinajstić information content (AvgIpc) is 2.58. The highest BCUT2D eigenvalue weighted by Gasteiger charge is 2.17. The summed E-state index contributed by atoms with van der Waals surface area (Å²) in [6, 6.07) is 0. The van der Waals surface area contributed by atoms with Crippen molar-refractivity contribution in [2.24, 2.45) is 7.05 Å². The molecule has 0 aliphatic rings. The maximum absolute atomic E-state index is 11.3. The number of nitrogens with one attached hydrogen (secondary N) is 1. The van der Waals surface area contributed by atoms with E-state index in [0.717, 1.165) is 0 Å². The predicted octanol–water partition coefficient (Wildman–Crippen LogP) is 0.978. The van der Waals surface area contributed by atoms with Crippen molar-refractivity contribution in [3.63, 3.8) is 0 Å². The predicted molar refractivity (Wildman–Crippen MR) is 62.4 cm³/mol. The molecule has 0 saturated carbocycles. The SMILES string of the molecule is Cn1cnc(C(O)CNC(=O)OC(C)(C)C)c1. The number of carbonyl (C=O) groups is 1. The highest BCUT2D eigenvalue weighted by atomic mass is 16.6. The Labute approximate surface area is 101 Å². The van der Waals surface area contributed by atoms with Crippen molar-refractivity contribution in [1.29, 1.82) is 0 Å². The number of nitrogens with zero attached hydrogens (tertiary/aromatic N) is 2. The molecule has 0 spiro atoms. The summed E-state index contributed by atoms with van der Waals surface area (Å²) in [4.78, 5) is 15.3. The van der Waals surface area contributed by atoms with E-state index in [1.807, 2.05) is 7.05 Å². The molecule has 1 atom stereocenters. The number of ether oxygens (including phenoxy) is 1. The normalized spacial score (nSPS) is 13.2. The summed E-state index contributed by atoms with van der Waals surface area (Å²) in [6.45, 7) is 5.41. The molecule has 6 nitrogen and oxygen atoms in total. The van der Waals surface area contributed by atoms with Gasteiger partial charge in [-0.3, -0.25) is 0 Å². The first-order valence-electron chi connectivity index (χ1n) is 5.41. The quantitative estimate of drug-likeness (QED) is 0.827. The molecule has 17 heavy (non-hydrogen) atoms. The minimum absolute atomic E-state index is 0.0753. The monoisotopic (exact) mass is 241 g/mol. The number of alkyl carbamates (subject to hydrolysis) is 1. The van der Waals surface area contributed by atoms with Crippen molar-refractivity contribution in [3.05, 3.63) is 18.2 Å². The second kappa shape index (κ2) is 5.18. The van der Waals surface area contributed by atoms with Gasteiger partial charge in [-0.1, -0.05) is 0 Å². The maximum Gasteiger partial charge on any atom is 0.407 e. The molecule has 0 radical (unpaired) electrons. The van der Waals surface area contributed by atoms with Crippen molar-refractivity contribution in [1.82, 2.24) is 14.9 Å². The highest BCUT2D eigenvalue weighted by Crippen LogP contribution is 2.09. The summed E-state index contributed by atoms with van der Waals surface area (Å²) < 4.78 is 6.77. The first-order chi connectivity index (χ1) is 7.78. The van der Waals surface area contributed by atoms with E-state index in [1.54, 1.807) is 37.9 Å². The summed E-state index contributed by atoms with van der Waals surface area (Å²) in [5.41, 5.74) is -0.0245. The van der Waals surface area contributed by atoms with Crippen LogP contribution in [0.3, 0.4) is 0 Å². The zero-order valence-corrected chi connectivity index (χ0v) is 10.6. The molecule has 0 bridgehead atoms. The lowest BCUT2D eigenvalue weighted by molar-refractivity contribution is 0.0490. The van der Waals surface area contributed by atoms with Gasteiger partial charge in [0.05, 0.1) is 18.6 Å². The first-order valence-corrected chi connectivity index (χ1v) is 5.41. The third-order valence-electron chi connectivity index (χ3n) is 1.90. The van der Waals surface area contributed by atoms with Crippen molar-refractivity contribution in [2.45, 2.75) is 32.5 Å². The van der Waals surface area contributed by atoms with E-state index >= 15 is 0 Å². The number of aliphatic hydroxyl groups excluding tert-OH is 1. The molecule has 0 aliphatic heterocycles. The molecule has 0 saturated heterocycles. The van der Waals surface area contributed by atoms with E-state index in [0.29, 0.717) is 5.69 Å². The number of imidazole rings is 1. The smallest absolute Gasteiger partial charge is 0.407 e. The van der Waals surface area contributed by atoms with E-state index in [9.17, 15) is 9.90 Å². The van der Waals surface area contributed by atoms with Gasteiger partial charge in [-0.25, -0.2) is 9.78 Å². The van der Waals surface area contributed by atoms with E-state index in [4.69, 9.17) is 4.74 Å². The number of aryl methyl sites for hydroxylation is 1. The van der Waals surface area contributed by atoms with Crippen LogP contribution in [0.1, 0.15) is 32.6 Å². The number of carbonyl (C=O) groups excluding carboxylic acids is 1. The van der Waals surface area contributed by atoms with Gasteiger partial charge in [-0.05, 0) is 20.8 Å². The fraction of sp³-hybridized carbons (Fsp3) is 0.636. The molecule has 2 N–H and O–H groups in total. The molecular weight excluding hydrogens is 222 g/mol. The van der Waals surface area contributed by atoms with Gasteiger partial charge in [0.15, 0.2) is 0 Å². The van der Waals surface area contributed by atoms with Crippen LogP contribution in [0.15, 0.2) is 12.5 Å². The van der Waals surface area contributed by atoms with Gasteiger partial charge in [0.2, 0.25) is 0 Å². The lowest BCUT2D eigenvalue weighted by Gasteiger charge is -2.20. The van der Waals surface area contributed by atoms with Crippen LogP contribution in [0.4, 0.5) is 4.79 Å². The molecule has 1 unspecified atom stereocenters. The minimum Gasteiger partial charge on any atom is -0.444 e. The molecule has 1 rings (SSSR count). The molecule has 0 aromatic carbocycles. The van der Waals surface area contributed by atoms with Gasteiger partial charge in [-0.15, -0.1) is 0 Å². The van der Waals surface area contributed by atoms with Gasteiger partial charge in [0, 0.05) is 13.2 Å². The summed E-state index contributed by atoms with van der Waals surface area (Å²) in [6.07, 6.45) is 1.91. The van der Waals surface area contributed by atoms with Gasteiger partial charge in [0.1, 0.15) is 11.7 Å². The van der Waals surface area contributed by atoms with Crippen LogP contribution in [-0.4, -0.2) is 32.9 Å². The molecule has 1 heterocycles. The van der Waals surface area contributed by atoms with Crippen molar-refractivity contribution in [3.8, 4) is 0 Å². The van der Waals surface area contributed by atoms with Gasteiger partial charge < -0.3 is 19.7 Å². The Morgan fingerprint density at radius 1 is 1.65 bits per heavy atom. The van der Waals surface area contributed by atoms with Crippen LogP contribution in [0.25, 0.3) is 0 Å². The number of rotatable bonds is 3. The van der Waals surface area contributed by atoms with E-state index in [1.165, 1.54) is 0 Å². The molecule has 1 amide bonds. The van der Waals surface area contributed by atoms with E-state index < -0.39 is 17.8 Å². The molecule has 0 fully saturated rings. The molecular formula is C11H19N3O3. The van der Waals surface area contributed by atoms with Crippen LogP contribution in [0.5, 0.6) is 0 Å².